The van der Waals surface area contributed by atoms with Crippen molar-refractivity contribution in [2.45, 2.75) is 13.8 Å². The highest BCUT2D eigenvalue weighted by Gasteiger charge is 2.36. The molecule has 0 unspecified atom stereocenters. The van der Waals surface area contributed by atoms with Crippen LogP contribution in [0.25, 0.3) is 38.8 Å². The summed E-state index contributed by atoms with van der Waals surface area (Å²) in [6, 6.07) is 25.6. The predicted octanol–water partition coefficient (Wildman–Crippen LogP) is 6.10. The molecule has 3 aromatic carbocycles. The van der Waals surface area contributed by atoms with E-state index in [1.807, 2.05) is 74.5 Å². The van der Waals surface area contributed by atoms with Crippen molar-refractivity contribution in [3.63, 3.8) is 0 Å². The van der Waals surface area contributed by atoms with E-state index in [0.717, 1.165) is 33.1 Å². The van der Waals surface area contributed by atoms with E-state index in [9.17, 15) is 9.59 Å². The van der Waals surface area contributed by atoms with Gasteiger partial charge in [-0.15, -0.1) is 0 Å². The molecule has 0 aliphatic carbocycles. The van der Waals surface area contributed by atoms with Crippen LogP contribution in [-0.2, 0) is 0 Å². The number of carbonyl (C=O) groups excluding carboxylic acids is 2. The van der Waals surface area contributed by atoms with Crippen LogP contribution in [0.2, 0.25) is 0 Å². The van der Waals surface area contributed by atoms with Gasteiger partial charge < -0.3 is 4.57 Å². The number of hydrogen-bond acceptors (Lipinski definition) is 3. The molecule has 0 fully saturated rings. The van der Waals surface area contributed by atoms with Crippen LogP contribution in [0.1, 0.15) is 34.6 Å². The van der Waals surface area contributed by atoms with Crippen molar-refractivity contribution in [3.05, 3.63) is 96.2 Å². The van der Waals surface area contributed by atoms with Gasteiger partial charge in [0.25, 0.3) is 11.8 Å². The molecule has 5 nitrogen and oxygen atoms in total. The fraction of sp³-hybridized carbons (Fsp3) is 0.107. The third-order valence-electron chi connectivity index (χ3n) is 5.97. The van der Waals surface area contributed by atoms with Gasteiger partial charge in [-0.3, -0.25) is 19.5 Å². The molecule has 6 rings (SSSR count). The molecule has 0 atom stereocenters. The summed E-state index contributed by atoms with van der Waals surface area (Å²) in [5.41, 5.74) is 5.34. The third-order valence-corrected chi connectivity index (χ3v) is 5.97. The van der Waals surface area contributed by atoms with Gasteiger partial charge in [0.05, 0.1) is 33.5 Å². The largest absolute Gasteiger partial charge is 0.308 e. The number of fused-ring (bicyclic) bond motifs is 4. The second-order valence-electron chi connectivity index (χ2n) is 7.64. The summed E-state index contributed by atoms with van der Waals surface area (Å²) in [5.74, 6) is -0.551. The van der Waals surface area contributed by atoms with E-state index < -0.39 is 0 Å². The zero-order chi connectivity index (χ0) is 23.1. The first-order chi connectivity index (χ1) is 16.2. The van der Waals surface area contributed by atoms with Gasteiger partial charge >= 0.3 is 0 Å². The molecule has 3 heterocycles. The zero-order valence-electron chi connectivity index (χ0n) is 18.7. The fourth-order valence-electron chi connectivity index (χ4n) is 4.57. The second kappa shape index (κ2) is 8.02. The van der Waals surface area contributed by atoms with Crippen molar-refractivity contribution in [2.75, 3.05) is 7.05 Å². The smallest absolute Gasteiger partial charge is 0.263 e. The molecule has 2 aromatic heterocycles. The maximum Gasteiger partial charge on any atom is 0.263 e. The number of hydrogen-bond donors (Lipinski definition) is 0. The molecule has 5 heteroatoms. The minimum absolute atomic E-state index is 0.271. The average molecular weight is 434 g/mol. The molecule has 0 bridgehead atoms. The van der Waals surface area contributed by atoms with Crippen LogP contribution < -0.4 is 0 Å². The normalized spacial score (nSPS) is 12.8. The summed E-state index contributed by atoms with van der Waals surface area (Å²) in [6.07, 6.45) is 1.78. The number of rotatable bonds is 2. The van der Waals surface area contributed by atoms with Crippen LogP contribution in [0.15, 0.2) is 85.1 Å². The molecule has 33 heavy (non-hydrogen) atoms. The Bertz CT molecular complexity index is 1530. The zero-order valence-corrected chi connectivity index (χ0v) is 18.7. The minimum Gasteiger partial charge on any atom is -0.308 e. The van der Waals surface area contributed by atoms with E-state index in [4.69, 9.17) is 0 Å². The Balaban J connectivity index is 0.00000111. The molecular formula is C28H23N3O2. The van der Waals surface area contributed by atoms with E-state index in [-0.39, 0.29) is 11.8 Å². The van der Waals surface area contributed by atoms with Crippen molar-refractivity contribution in [1.82, 2.24) is 14.5 Å². The van der Waals surface area contributed by atoms with Gasteiger partial charge in [0.2, 0.25) is 0 Å². The highest BCUT2D eigenvalue weighted by atomic mass is 16.2. The Kier molecular flexibility index (Phi) is 5.02. The lowest BCUT2D eigenvalue weighted by molar-refractivity contribution is 0.0693. The van der Waals surface area contributed by atoms with Gasteiger partial charge in [-0.2, -0.15) is 0 Å². The van der Waals surface area contributed by atoms with E-state index in [1.165, 1.54) is 11.9 Å². The van der Waals surface area contributed by atoms with Crippen LogP contribution in [-0.4, -0.2) is 33.3 Å². The number of nitrogens with zero attached hydrogens (tertiary/aromatic N) is 3. The molecule has 0 saturated heterocycles. The molecule has 0 radical (unpaired) electrons. The van der Waals surface area contributed by atoms with Gasteiger partial charge in [-0.1, -0.05) is 62.4 Å². The summed E-state index contributed by atoms with van der Waals surface area (Å²) < 4.78 is 2.10. The monoisotopic (exact) mass is 433 g/mol. The SMILES string of the molecule is CC.CN1C(=O)c2cccc(-n3c4ccccc4c4cccc(-c5ccccn5)c43)c2C1=O. The molecule has 2 amide bonds. The van der Waals surface area contributed by atoms with Gasteiger partial charge in [0.1, 0.15) is 0 Å². The minimum atomic E-state index is -0.281. The number of para-hydroxylation sites is 2. The summed E-state index contributed by atoms with van der Waals surface area (Å²) in [5, 5.41) is 2.15. The molecule has 0 saturated carbocycles. The van der Waals surface area contributed by atoms with Crippen molar-refractivity contribution in [2.24, 2.45) is 0 Å². The maximum absolute atomic E-state index is 13.0. The van der Waals surface area contributed by atoms with E-state index >= 15 is 0 Å². The summed E-state index contributed by atoms with van der Waals surface area (Å²) in [4.78, 5) is 31.4. The first-order valence-electron chi connectivity index (χ1n) is 11.1. The first kappa shape index (κ1) is 20.6. The van der Waals surface area contributed by atoms with Crippen LogP contribution >= 0.6 is 0 Å². The number of amides is 2. The second-order valence-corrected chi connectivity index (χ2v) is 7.64. The van der Waals surface area contributed by atoms with E-state index in [1.54, 1.807) is 12.3 Å². The van der Waals surface area contributed by atoms with Crippen molar-refractivity contribution >= 4 is 33.6 Å². The molecule has 1 aliphatic heterocycles. The van der Waals surface area contributed by atoms with Crippen LogP contribution in [0.5, 0.6) is 0 Å². The lowest BCUT2D eigenvalue weighted by Gasteiger charge is -2.14. The highest BCUT2D eigenvalue weighted by Crippen LogP contribution is 2.39. The third kappa shape index (κ3) is 2.97. The van der Waals surface area contributed by atoms with Crippen molar-refractivity contribution in [1.29, 1.82) is 0 Å². The predicted molar refractivity (Wildman–Crippen MR) is 132 cm³/mol. The fourth-order valence-corrected chi connectivity index (χ4v) is 4.57. The standard InChI is InChI=1S/C26H17N3O2.C2H6/c1-28-25(30)19-11-7-14-22(23(19)26(28)31)29-21-13-3-2-8-16(21)17-9-6-10-18(24(17)29)20-12-4-5-15-27-20;1-2/h2-15H,1H3;1-2H3. The van der Waals surface area contributed by atoms with Crippen LogP contribution in [0.4, 0.5) is 0 Å². The van der Waals surface area contributed by atoms with Gasteiger partial charge in [0.15, 0.2) is 0 Å². The first-order valence-corrected chi connectivity index (χ1v) is 11.1. The average Bonchev–Trinajstić information content (AvgIpc) is 3.33. The molecule has 0 spiro atoms. The molecule has 0 N–H and O–H groups in total. The summed E-state index contributed by atoms with van der Waals surface area (Å²) in [7, 11) is 1.53. The van der Waals surface area contributed by atoms with E-state index in [0.29, 0.717) is 16.8 Å². The lowest BCUT2D eigenvalue weighted by Crippen LogP contribution is -2.24. The summed E-state index contributed by atoms with van der Waals surface area (Å²) >= 11 is 0. The van der Waals surface area contributed by atoms with Crippen molar-refractivity contribution in [3.8, 4) is 16.9 Å². The Morgan fingerprint density at radius 1 is 0.697 bits per heavy atom. The van der Waals surface area contributed by atoms with Gasteiger partial charge in [-0.05, 0) is 30.3 Å². The topological polar surface area (TPSA) is 55.2 Å². The Hall–Kier alpha value is -4.25. The Morgan fingerprint density at radius 2 is 1.39 bits per heavy atom. The van der Waals surface area contributed by atoms with Crippen LogP contribution in [0.3, 0.4) is 0 Å². The molecular weight excluding hydrogens is 410 g/mol. The number of aromatic nitrogens is 2. The van der Waals surface area contributed by atoms with E-state index in [2.05, 4.69) is 21.7 Å². The Morgan fingerprint density at radius 3 is 2.18 bits per heavy atom. The summed E-state index contributed by atoms with van der Waals surface area (Å²) in [6.45, 7) is 4.00. The quantitative estimate of drug-likeness (QED) is 0.316. The molecule has 5 aromatic rings. The van der Waals surface area contributed by atoms with Crippen LogP contribution in [0, 0.1) is 0 Å². The van der Waals surface area contributed by atoms with Gasteiger partial charge in [-0.25, -0.2) is 0 Å². The number of benzene rings is 3. The number of carbonyl (C=O) groups is 2. The maximum atomic E-state index is 13.0. The highest BCUT2D eigenvalue weighted by molar-refractivity contribution is 6.23. The molecule has 162 valence electrons. The Labute approximate surface area is 191 Å². The molecule has 1 aliphatic rings. The van der Waals surface area contributed by atoms with Crippen molar-refractivity contribution < 1.29 is 9.59 Å². The number of imide groups is 1. The number of pyridine rings is 1. The van der Waals surface area contributed by atoms with Gasteiger partial charge in [0, 0.05) is 29.6 Å². The lowest BCUT2D eigenvalue weighted by atomic mass is 10.0.